The lowest BCUT2D eigenvalue weighted by molar-refractivity contribution is -0.121. The SMILES string of the molecule is Cc1nn(CC(C)C)c(C)c1CC(=O)NNC(=O)c1ccc2c(c1)OCO2. The topological polar surface area (TPSA) is 94.5 Å². The van der Waals surface area contributed by atoms with Gasteiger partial charge in [-0.25, -0.2) is 0 Å². The molecule has 0 saturated heterocycles. The molecule has 8 nitrogen and oxygen atoms in total. The van der Waals surface area contributed by atoms with Gasteiger partial charge in [-0.1, -0.05) is 13.8 Å². The molecule has 0 bridgehead atoms. The van der Waals surface area contributed by atoms with Crippen LogP contribution in [0.15, 0.2) is 18.2 Å². The first-order valence-electron chi connectivity index (χ1n) is 8.87. The van der Waals surface area contributed by atoms with Crippen LogP contribution in [0, 0.1) is 19.8 Å². The van der Waals surface area contributed by atoms with Crippen LogP contribution >= 0.6 is 0 Å². The van der Waals surface area contributed by atoms with E-state index < -0.39 is 5.91 Å². The Bertz CT molecular complexity index is 873. The van der Waals surface area contributed by atoms with Crippen molar-refractivity contribution in [3.05, 3.63) is 40.7 Å². The second-order valence-corrected chi connectivity index (χ2v) is 6.97. The molecule has 2 aromatic rings. The second kappa shape index (κ2) is 7.69. The molecule has 0 unspecified atom stereocenters. The van der Waals surface area contributed by atoms with E-state index in [0.29, 0.717) is 23.0 Å². The van der Waals surface area contributed by atoms with Crippen molar-refractivity contribution >= 4 is 11.8 Å². The number of benzene rings is 1. The van der Waals surface area contributed by atoms with Gasteiger partial charge in [-0.15, -0.1) is 0 Å². The lowest BCUT2D eigenvalue weighted by atomic mass is 10.1. The third kappa shape index (κ3) is 4.21. The van der Waals surface area contributed by atoms with Gasteiger partial charge in [-0.2, -0.15) is 5.10 Å². The molecular weight excluding hydrogens is 348 g/mol. The summed E-state index contributed by atoms with van der Waals surface area (Å²) in [5.74, 6) is 0.841. The first-order valence-corrected chi connectivity index (χ1v) is 8.87. The van der Waals surface area contributed by atoms with Gasteiger partial charge < -0.3 is 9.47 Å². The summed E-state index contributed by atoms with van der Waals surface area (Å²) in [5, 5.41) is 4.50. The average Bonchev–Trinajstić information content (AvgIpc) is 3.18. The number of amides is 2. The maximum absolute atomic E-state index is 12.3. The number of hydrogen-bond donors (Lipinski definition) is 2. The summed E-state index contributed by atoms with van der Waals surface area (Å²) in [5.41, 5.74) is 7.93. The number of carbonyl (C=O) groups excluding carboxylic acids is 2. The van der Waals surface area contributed by atoms with Gasteiger partial charge in [-0.05, 0) is 38.0 Å². The highest BCUT2D eigenvalue weighted by Gasteiger charge is 2.18. The Hall–Kier alpha value is -3.03. The van der Waals surface area contributed by atoms with Crippen LogP contribution in [0.2, 0.25) is 0 Å². The molecule has 1 aromatic carbocycles. The Labute approximate surface area is 157 Å². The maximum Gasteiger partial charge on any atom is 0.269 e. The third-order valence-corrected chi connectivity index (χ3v) is 4.36. The van der Waals surface area contributed by atoms with Crippen molar-refractivity contribution in [2.24, 2.45) is 5.92 Å². The van der Waals surface area contributed by atoms with Gasteiger partial charge in [-0.3, -0.25) is 25.1 Å². The van der Waals surface area contributed by atoms with E-state index >= 15 is 0 Å². The van der Waals surface area contributed by atoms with Gasteiger partial charge in [0.25, 0.3) is 5.91 Å². The predicted octanol–water partition coefficient (Wildman–Crippen LogP) is 1.89. The van der Waals surface area contributed by atoms with E-state index in [9.17, 15) is 9.59 Å². The minimum Gasteiger partial charge on any atom is -0.454 e. The molecule has 2 amide bonds. The molecule has 0 radical (unpaired) electrons. The van der Waals surface area contributed by atoms with Gasteiger partial charge in [0, 0.05) is 23.4 Å². The highest BCUT2D eigenvalue weighted by molar-refractivity contribution is 5.96. The molecule has 1 aliphatic rings. The van der Waals surface area contributed by atoms with Crippen molar-refractivity contribution in [2.45, 2.75) is 40.7 Å². The quantitative estimate of drug-likeness (QED) is 0.782. The zero-order valence-corrected chi connectivity index (χ0v) is 16.0. The summed E-state index contributed by atoms with van der Waals surface area (Å²) in [6, 6.07) is 4.85. The highest BCUT2D eigenvalue weighted by atomic mass is 16.7. The third-order valence-electron chi connectivity index (χ3n) is 4.36. The summed E-state index contributed by atoms with van der Waals surface area (Å²) >= 11 is 0. The highest BCUT2D eigenvalue weighted by Crippen LogP contribution is 2.32. The molecule has 0 fully saturated rings. The summed E-state index contributed by atoms with van der Waals surface area (Å²) in [7, 11) is 0. The van der Waals surface area contributed by atoms with E-state index in [-0.39, 0.29) is 19.1 Å². The smallest absolute Gasteiger partial charge is 0.269 e. The normalized spacial score (nSPS) is 12.3. The van der Waals surface area contributed by atoms with Crippen molar-refractivity contribution in [2.75, 3.05) is 6.79 Å². The summed E-state index contributed by atoms with van der Waals surface area (Å²) in [6.45, 7) is 9.02. The molecular formula is C19H24N4O4. The molecule has 1 aromatic heterocycles. The van der Waals surface area contributed by atoms with Crippen molar-refractivity contribution in [3.63, 3.8) is 0 Å². The first-order chi connectivity index (χ1) is 12.8. The Morgan fingerprint density at radius 3 is 2.67 bits per heavy atom. The minimum absolute atomic E-state index is 0.139. The molecule has 2 N–H and O–H groups in total. The van der Waals surface area contributed by atoms with Gasteiger partial charge in [0.15, 0.2) is 11.5 Å². The van der Waals surface area contributed by atoms with Crippen molar-refractivity contribution in [1.29, 1.82) is 0 Å². The number of carbonyl (C=O) groups is 2. The fraction of sp³-hybridized carbons (Fsp3) is 0.421. The number of ether oxygens (including phenoxy) is 2. The van der Waals surface area contributed by atoms with Gasteiger partial charge in [0.05, 0.1) is 12.1 Å². The Balaban J connectivity index is 1.58. The Morgan fingerprint density at radius 1 is 1.19 bits per heavy atom. The number of aromatic nitrogens is 2. The van der Waals surface area contributed by atoms with E-state index in [1.54, 1.807) is 18.2 Å². The van der Waals surface area contributed by atoms with E-state index in [0.717, 1.165) is 23.5 Å². The number of rotatable bonds is 5. The molecule has 3 rings (SSSR count). The fourth-order valence-electron chi connectivity index (χ4n) is 2.95. The fourth-order valence-corrected chi connectivity index (χ4v) is 2.95. The van der Waals surface area contributed by atoms with Crippen LogP contribution in [-0.4, -0.2) is 28.4 Å². The summed E-state index contributed by atoms with van der Waals surface area (Å²) < 4.78 is 12.4. The van der Waals surface area contributed by atoms with Crippen LogP contribution in [0.1, 0.15) is 41.2 Å². The zero-order chi connectivity index (χ0) is 19.6. The molecule has 0 saturated carbocycles. The van der Waals surface area contributed by atoms with Crippen LogP contribution in [-0.2, 0) is 17.8 Å². The Kier molecular flexibility index (Phi) is 5.34. The number of nitrogens with zero attached hydrogens (tertiary/aromatic N) is 2. The van der Waals surface area contributed by atoms with Gasteiger partial charge in [0.2, 0.25) is 12.7 Å². The number of nitrogens with one attached hydrogen (secondary N) is 2. The molecule has 0 spiro atoms. The Morgan fingerprint density at radius 2 is 1.93 bits per heavy atom. The first kappa shape index (κ1) is 18.8. The van der Waals surface area contributed by atoms with Crippen molar-refractivity contribution in [3.8, 4) is 11.5 Å². The van der Waals surface area contributed by atoms with Gasteiger partial charge >= 0.3 is 0 Å². The predicted molar refractivity (Wildman–Crippen MR) is 98.4 cm³/mol. The number of hydrazine groups is 1. The van der Waals surface area contributed by atoms with Crippen LogP contribution in [0.5, 0.6) is 11.5 Å². The van der Waals surface area contributed by atoms with E-state index in [2.05, 4.69) is 29.8 Å². The van der Waals surface area contributed by atoms with Gasteiger partial charge in [0.1, 0.15) is 0 Å². The maximum atomic E-state index is 12.3. The van der Waals surface area contributed by atoms with Crippen molar-refractivity contribution < 1.29 is 19.1 Å². The summed E-state index contributed by atoms with van der Waals surface area (Å²) in [4.78, 5) is 24.5. The zero-order valence-electron chi connectivity index (χ0n) is 16.0. The molecule has 27 heavy (non-hydrogen) atoms. The number of aryl methyl sites for hydroxylation is 1. The number of fused-ring (bicyclic) bond motifs is 1. The van der Waals surface area contributed by atoms with E-state index in [4.69, 9.17) is 9.47 Å². The molecule has 1 aliphatic heterocycles. The average molecular weight is 372 g/mol. The number of hydrogen-bond acceptors (Lipinski definition) is 5. The van der Waals surface area contributed by atoms with Crippen molar-refractivity contribution in [1.82, 2.24) is 20.6 Å². The molecule has 0 aliphatic carbocycles. The summed E-state index contributed by atoms with van der Waals surface area (Å²) in [6.07, 6.45) is 0.150. The van der Waals surface area contributed by atoms with E-state index in [1.807, 2.05) is 18.5 Å². The van der Waals surface area contributed by atoms with Crippen LogP contribution < -0.4 is 20.3 Å². The standard InChI is InChI=1S/C19H24N4O4/c1-11(2)9-23-13(4)15(12(3)22-23)8-18(24)20-21-19(25)14-5-6-16-17(7-14)27-10-26-16/h5-7,11H,8-10H2,1-4H3,(H,20,24)(H,21,25). The van der Waals surface area contributed by atoms with Crippen LogP contribution in [0.4, 0.5) is 0 Å². The minimum atomic E-state index is -0.425. The lowest BCUT2D eigenvalue weighted by Gasteiger charge is -2.09. The lowest BCUT2D eigenvalue weighted by Crippen LogP contribution is -2.42. The molecule has 144 valence electrons. The second-order valence-electron chi connectivity index (χ2n) is 6.97. The monoisotopic (exact) mass is 372 g/mol. The van der Waals surface area contributed by atoms with E-state index in [1.165, 1.54) is 0 Å². The molecule has 8 heteroatoms. The largest absolute Gasteiger partial charge is 0.454 e. The van der Waals surface area contributed by atoms with Crippen LogP contribution in [0.25, 0.3) is 0 Å². The molecule has 2 heterocycles. The van der Waals surface area contributed by atoms with Crippen LogP contribution in [0.3, 0.4) is 0 Å². The molecule has 0 atom stereocenters.